The Morgan fingerprint density at radius 1 is 1.33 bits per heavy atom. The SMILES string of the molecule is NC(N)=NCCCC(N)C(=O)O.O=S(=O)([O-])[O-].[Zn+2]. The van der Waals surface area contributed by atoms with E-state index in [4.69, 9.17) is 39.8 Å². The minimum atomic E-state index is -5.17. The summed E-state index contributed by atoms with van der Waals surface area (Å²) in [5, 5.41) is 8.38. The van der Waals surface area contributed by atoms with Crippen LogP contribution in [-0.4, -0.2) is 47.1 Å². The number of hydrogen-bond acceptors (Lipinski definition) is 7. The topological polar surface area (TPSA) is 208 Å². The molecule has 0 amide bonds. The van der Waals surface area contributed by atoms with Crippen LogP contribution in [0.4, 0.5) is 0 Å². The molecule has 0 saturated carbocycles. The molecule has 1 atom stereocenters. The maximum absolute atomic E-state index is 10.2. The van der Waals surface area contributed by atoms with Crippen molar-refractivity contribution in [2.75, 3.05) is 6.54 Å². The molecule has 12 heteroatoms. The van der Waals surface area contributed by atoms with E-state index in [1.165, 1.54) is 0 Å². The van der Waals surface area contributed by atoms with E-state index in [-0.39, 0.29) is 25.4 Å². The van der Waals surface area contributed by atoms with E-state index in [0.29, 0.717) is 19.4 Å². The fourth-order valence-corrected chi connectivity index (χ4v) is 0.643. The Labute approximate surface area is 117 Å². The smallest absolute Gasteiger partial charge is 0.759 e. The van der Waals surface area contributed by atoms with Crippen molar-refractivity contribution in [1.82, 2.24) is 0 Å². The van der Waals surface area contributed by atoms with Gasteiger partial charge in [0.05, 0.1) is 0 Å². The number of carbonyl (C=O) groups is 1. The third kappa shape index (κ3) is 29.5. The molecule has 1 unspecified atom stereocenters. The van der Waals surface area contributed by atoms with Crippen LogP contribution in [-0.2, 0) is 34.7 Å². The van der Waals surface area contributed by atoms with Crippen LogP contribution in [0.25, 0.3) is 0 Å². The van der Waals surface area contributed by atoms with Crippen LogP contribution in [0.15, 0.2) is 4.99 Å². The van der Waals surface area contributed by atoms with Gasteiger partial charge in [-0.25, -0.2) is 0 Å². The molecule has 10 nitrogen and oxygen atoms in total. The number of aliphatic carboxylic acids is 1. The molecule has 0 fully saturated rings. The van der Waals surface area contributed by atoms with E-state index >= 15 is 0 Å². The monoisotopic (exact) mass is 334 g/mol. The minimum absolute atomic E-state index is 0. The van der Waals surface area contributed by atoms with Gasteiger partial charge in [0.1, 0.15) is 6.04 Å². The fraction of sp³-hybridized carbons (Fsp3) is 0.667. The number of nitrogens with two attached hydrogens (primary N) is 3. The third-order valence-electron chi connectivity index (χ3n) is 1.28. The van der Waals surface area contributed by atoms with Crippen molar-refractivity contribution < 1.29 is 46.9 Å². The molecule has 7 N–H and O–H groups in total. The first-order chi connectivity index (χ1) is 7.54. The Kier molecular flexibility index (Phi) is 14.0. The van der Waals surface area contributed by atoms with E-state index in [1.54, 1.807) is 0 Å². The van der Waals surface area contributed by atoms with Gasteiger partial charge in [-0.1, -0.05) is 0 Å². The number of carboxylic acid groups (broad SMARTS) is 1. The van der Waals surface area contributed by atoms with E-state index in [9.17, 15) is 4.79 Å². The van der Waals surface area contributed by atoms with Gasteiger partial charge < -0.3 is 31.4 Å². The number of aliphatic imine (C=N–C) groups is 1. The van der Waals surface area contributed by atoms with Crippen molar-refractivity contribution >= 4 is 22.3 Å². The van der Waals surface area contributed by atoms with Crippen molar-refractivity contribution in [3.63, 3.8) is 0 Å². The first-order valence-electron chi connectivity index (χ1n) is 4.24. The molecule has 0 aliphatic heterocycles. The average Bonchev–Trinajstić information content (AvgIpc) is 2.08. The number of guanidine groups is 1. The molecule has 0 aromatic heterocycles. The Bertz CT molecular complexity index is 347. The van der Waals surface area contributed by atoms with Gasteiger partial charge in [-0.05, 0) is 12.8 Å². The Hall–Kier alpha value is -0.807. The molecule has 102 valence electrons. The average molecular weight is 336 g/mol. The number of rotatable bonds is 5. The molecule has 0 rings (SSSR count). The van der Waals surface area contributed by atoms with Gasteiger partial charge in [0, 0.05) is 16.9 Å². The summed E-state index contributed by atoms with van der Waals surface area (Å²) in [7, 11) is -5.17. The summed E-state index contributed by atoms with van der Waals surface area (Å²) in [5.41, 5.74) is 15.3. The second kappa shape index (κ2) is 11.3. The zero-order valence-electron chi connectivity index (χ0n) is 9.48. The maximum Gasteiger partial charge on any atom is 2.00 e. The van der Waals surface area contributed by atoms with Gasteiger partial charge in [-0.15, -0.1) is 0 Å². The molecule has 0 spiro atoms. The second-order valence-corrected chi connectivity index (χ2v) is 3.62. The fourth-order valence-electron chi connectivity index (χ4n) is 0.643. The van der Waals surface area contributed by atoms with Crippen LogP contribution in [0.2, 0.25) is 0 Å². The van der Waals surface area contributed by atoms with Crippen LogP contribution in [0, 0.1) is 0 Å². The van der Waals surface area contributed by atoms with Crippen molar-refractivity contribution in [2.24, 2.45) is 22.2 Å². The zero-order chi connectivity index (χ0) is 14.1. The summed E-state index contributed by atoms with van der Waals surface area (Å²) in [6.45, 7) is 0.420. The predicted molar refractivity (Wildman–Crippen MR) is 56.0 cm³/mol. The van der Waals surface area contributed by atoms with E-state index in [1.807, 2.05) is 0 Å². The normalized spacial score (nSPS) is 11.3. The molecule has 0 aliphatic rings. The number of carboxylic acids is 1. The van der Waals surface area contributed by atoms with Crippen molar-refractivity contribution in [2.45, 2.75) is 18.9 Å². The molecule has 0 bridgehead atoms. The van der Waals surface area contributed by atoms with Crippen LogP contribution in [0.1, 0.15) is 12.8 Å². The molecule has 18 heavy (non-hydrogen) atoms. The van der Waals surface area contributed by atoms with Crippen molar-refractivity contribution in [3.05, 3.63) is 0 Å². The van der Waals surface area contributed by atoms with Gasteiger partial charge in [0.2, 0.25) is 0 Å². The largest absolute Gasteiger partial charge is 2.00 e. The molecule has 0 radical (unpaired) electrons. The Morgan fingerprint density at radius 3 is 2.00 bits per heavy atom. The van der Waals surface area contributed by atoms with E-state index in [0.717, 1.165) is 0 Å². The number of hydrogen-bond donors (Lipinski definition) is 4. The standard InChI is InChI=1S/C6H14N4O2.H2O4S.Zn/c7-4(5(11)12)2-1-3-10-6(8)9;1-5(2,3)4;/h4H,1-3,7H2,(H,11,12)(H4,8,9,10);(H2,1,2,3,4);/q;;+2/p-2. The van der Waals surface area contributed by atoms with Gasteiger partial charge in [-0.2, -0.15) is 0 Å². The molecule has 0 saturated heterocycles. The summed E-state index contributed by atoms with van der Waals surface area (Å²) in [6.07, 6.45) is 0.956. The van der Waals surface area contributed by atoms with E-state index in [2.05, 4.69) is 4.99 Å². The maximum atomic E-state index is 10.2. The molecular formula is C6H14N4O6SZn. The minimum Gasteiger partial charge on any atom is -0.759 e. The van der Waals surface area contributed by atoms with Gasteiger partial charge in [-0.3, -0.25) is 18.2 Å². The molecule has 0 aliphatic carbocycles. The Morgan fingerprint density at radius 2 is 1.72 bits per heavy atom. The van der Waals surface area contributed by atoms with Crippen molar-refractivity contribution in [3.8, 4) is 0 Å². The number of nitrogens with zero attached hydrogens (tertiary/aromatic N) is 1. The second-order valence-electron chi connectivity index (χ2n) is 2.80. The Balaban J connectivity index is -0.000000321. The molecular weight excluding hydrogens is 322 g/mol. The first-order valence-corrected chi connectivity index (χ1v) is 5.58. The molecule has 0 aromatic rings. The summed E-state index contributed by atoms with van der Waals surface area (Å²) < 4.78 is 34.1. The summed E-state index contributed by atoms with van der Waals surface area (Å²) in [4.78, 5) is 13.9. The van der Waals surface area contributed by atoms with Gasteiger partial charge in [0.25, 0.3) is 0 Å². The predicted octanol–water partition coefficient (Wildman–Crippen LogP) is -2.89. The summed E-state index contributed by atoms with van der Waals surface area (Å²) in [5.74, 6) is -0.987. The van der Waals surface area contributed by atoms with Gasteiger partial charge >= 0.3 is 25.4 Å². The van der Waals surface area contributed by atoms with Crippen LogP contribution in [0.5, 0.6) is 0 Å². The van der Waals surface area contributed by atoms with E-state index < -0.39 is 22.4 Å². The van der Waals surface area contributed by atoms with Gasteiger partial charge in [0.15, 0.2) is 5.96 Å². The molecule has 0 heterocycles. The summed E-state index contributed by atoms with van der Waals surface area (Å²) in [6, 6.07) is -0.820. The summed E-state index contributed by atoms with van der Waals surface area (Å²) >= 11 is 0. The van der Waals surface area contributed by atoms with Crippen LogP contribution < -0.4 is 17.2 Å². The van der Waals surface area contributed by atoms with Crippen LogP contribution >= 0.6 is 0 Å². The first kappa shape index (κ1) is 22.4. The molecule has 0 aromatic carbocycles. The zero-order valence-corrected chi connectivity index (χ0v) is 13.3. The van der Waals surface area contributed by atoms with Crippen LogP contribution in [0.3, 0.4) is 0 Å². The van der Waals surface area contributed by atoms with Crippen molar-refractivity contribution in [1.29, 1.82) is 0 Å². The third-order valence-corrected chi connectivity index (χ3v) is 1.28. The quantitative estimate of drug-likeness (QED) is 0.101.